The Hall–Kier alpha value is -2.48. The highest BCUT2D eigenvalue weighted by molar-refractivity contribution is 7.13. The number of carbonyl (C=O) groups excluding carboxylic acids is 1. The molecule has 0 saturated carbocycles. The van der Waals surface area contributed by atoms with E-state index in [9.17, 15) is 4.79 Å². The Morgan fingerprint density at radius 2 is 2.03 bits per heavy atom. The highest BCUT2D eigenvalue weighted by Crippen LogP contribution is 2.25. The van der Waals surface area contributed by atoms with Crippen LogP contribution in [0.25, 0.3) is 10.6 Å². The van der Waals surface area contributed by atoms with Crippen LogP contribution >= 0.6 is 11.3 Å². The first-order chi connectivity index (χ1) is 15.3. The molecule has 4 rings (SSSR count). The lowest BCUT2D eigenvalue weighted by atomic mass is 9.90. The van der Waals surface area contributed by atoms with Gasteiger partial charge in [0.2, 0.25) is 5.91 Å². The van der Waals surface area contributed by atoms with E-state index in [4.69, 9.17) is 9.26 Å². The van der Waals surface area contributed by atoms with Crippen molar-refractivity contribution in [1.82, 2.24) is 15.4 Å². The van der Waals surface area contributed by atoms with Gasteiger partial charge in [0.25, 0.3) is 0 Å². The van der Waals surface area contributed by atoms with E-state index in [0.29, 0.717) is 12.2 Å². The van der Waals surface area contributed by atoms with Crippen LogP contribution < -0.4 is 5.32 Å². The number of thiophene rings is 1. The van der Waals surface area contributed by atoms with Gasteiger partial charge in [0.05, 0.1) is 11.5 Å². The molecule has 1 N–H and O–H groups in total. The van der Waals surface area contributed by atoms with Crippen molar-refractivity contribution in [2.75, 3.05) is 32.8 Å². The Bertz CT molecular complexity index is 919. The third kappa shape index (κ3) is 6.75. The van der Waals surface area contributed by atoms with Gasteiger partial charge in [-0.25, -0.2) is 0 Å². The molecule has 1 aromatic carbocycles. The molecule has 1 aliphatic rings. The molecule has 3 aromatic rings. The summed E-state index contributed by atoms with van der Waals surface area (Å²) in [7, 11) is 0. The molecule has 1 amide bonds. The summed E-state index contributed by atoms with van der Waals surface area (Å²) in [5.74, 6) is 1.39. The van der Waals surface area contributed by atoms with Gasteiger partial charge in [-0.3, -0.25) is 4.79 Å². The zero-order valence-electron chi connectivity index (χ0n) is 17.7. The molecule has 31 heavy (non-hydrogen) atoms. The number of likely N-dealkylation sites (tertiary alicyclic amines) is 1. The normalized spacial score (nSPS) is 15.2. The molecule has 7 heteroatoms. The number of carbonyl (C=O) groups is 1. The molecule has 6 nitrogen and oxygen atoms in total. The molecule has 3 heterocycles. The molecule has 0 atom stereocenters. The number of amides is 1. The Morgan fingerprint density at radius 3 is 2.81 bits per heavy atom. The third-order valence-corrected chi connectivity index (χ3v) is 6.52. The van der Waals surface area contributed by atoms with E-state index in [1.54, 1.807) is 11.3 Å². The van der Waals surface area contributed by atoms with Crippen LogP contribution in [-0.4, -0.2) is 48.7 Å². The number of nitrogens with one attached hydrogen (secondary N) is 1. The van der Waals surface area contributed by atoms with Crippen LogP contribution in [0.3, 0.4) is 0 Å². The number of benzene rings is 1. The van der Waals surface area contributed by atoms with E-state index in [-0.39, 0.29) is 19.1 Å². The molecule has 0 bridgehead atoms. The number of rotatable bonds is 10. The fourth-order valence-electron chi connectivity index (χ4n) is 3.93. The number of hydrogen-bond acceptors (Lipinski definition) is 6. The molecular weight excluding hydrogens is 410 g/mol. The maximum absolute atomic E-state index is 12.0. The lowest BCUT2D eigenvalue weighted by Gasteiger charge is -2.32. The average molecular weight is 440 g/mol. The predicted molar refractivity (Wildman–Crippen MR) is 122 cm³/mol. The summed E-state index contributed by atoms with van der Waals surface area (Å²) in [6, 6.07) is 16.5. The predicted octanol–water partition coefficient (Wildman–Crippen LogP) is 3.99. The molecule has 1 aliphatic heterocycles. The number of piperidine rings is 1. The molecule has 1 fully saturated rings. The minimum absolute atomic E-state index is 0.0281. The number of hydrogen-bond donors (Lipinski definition) is 1. The van der Waals surface area contributed by atoms with Gasteiger partial charge in [0, 0.05) is 19.2 Å². The van der Waals surface area contributed by atoms with E-state index < -0.39 is 0 Å². The molecule has 0 aliphatic carbocycles. The summed E-state index contributed by atoms with van der Waals surface area (Å²) in [6.45, 7) is 4.03. The standard InChI is InChI=1S/C24H29N3O3S/c28-24(18-29-17-21-16-22(30-26-21)23-7-4-14-31-23)25-10-13-27-11-8-20(9-12-27)15-19-5-2-1-3-6-19/h1-7,14,16,20H,8-13,15,17-18H2,(H,25,28). The molecule has 1 saturated heterocycles. The molecule has 0 unspecified atom stereocenters. The summed E-state index contributed by atoms with van der Waals surface area (Å²) in [5.41, 5.74) is 2.12. The topological polar surface area (TPSA) is 67.6 Å². The van der Waals surface area contributed by atoms with Crippen LogP contribution in [0.2, 0.25) is 0 Å². The first kappa shape index (κ1) is 21.7. The van der Waals surface area contributed by atoms with Crippen LogP contribution in [0.5, 0.6) is 0 Å². The number of aromatic nitrogens is 1. The second-order valence-corrected chi connectivity index (χ2v) is 8.92. The fraction of sp³-hybridized carbons (Fsp3) is 0.417. The van der Waals surface area contributed by atoms with Crippen molar-refractivity contribution in [1.29, 1.82) is 0 Å². The third-order valence-electron chi connectivity index (χ3n) is 5.63. The van der Waals surface area contributed by atoms with Crippen LogP contribution in [0.4, 0.5) is 0 Å². The van der Waals surface area contributed by atoms with Crippen LogP contribution in [0.15, 0.2) is 58.4 Å². The molecule has 164 valence electrons. The molecule has 0 spiro atoms. The Balaban J connectivity index is 1.06. The van der Waals surface area contributed by atoms with Crippen molar-refractivity contribution < 1.29 is 14.1 Å². The Kier molecular flexibility index (Phi) is 7.87. The highest BCUT2D eigenvalue weighted by Gasteiger charge is 2.19. The molecular formula is C24H29N3O3S. The van der Waals surface area contributed by atoms with Crippen molar-refractivity contribution in [2.45, 2.75) is 25.9 Å². The van der Waals surface area contributed by atoms with Gasteiger partial charge < -0.3 is 19.5 Å². The summed E-state index contributed by atoms with van der Waals surface area (Å²) in [6.07, 6.45) is 3.61. The van der Waals surface area contributed by atoms with E-state index >= 15 is 0 Å². The van der Waals surface area contributed by atoms with Gasteiger partial charge in [-0.2, -0.15) is 0 Å². The van der Waals surface area contributed by atoms with Gasteiger partial charge in [-0.1, -0.05) is 41.6 Å². The Labute approximate surface area is 187 Å². The molecule has 2 aromatic heterocycles. The SMILES string of the molecule is O=C(COCc1cc(-c2cccs2)on1)NCCN1CCC(Cc2ccccc2)CC1. The van der Waals surface area contributed by atoms with Gasteiger partial charge >= 0.3 is 0 Å². The lowest BCUT2D eigenvalue weighted by Crippen LogP contribution is -2.40. The van der Waals surface area contributed by atoms with Crippen molar-refractivity contribution >= 4 is 17.2 Å². The van der Waals surface area contributed by atoms with E-state index in [1.165, 1.54) is 24.8 Å². The zero-order valence-corrected chi connectivity index (χ0v) is 18.5. The summed E-state index contributed by atoms with van der Waals surface area (Å²) < 4.78 is 10.8. The smallest absolute Gasteiger partial charge is 0.246 e. The summed E-state index contributed by atoms with van der Waals surface area (Å²) in [4.78, 5) is 15.5. The van der Waals surface area contributed by atoms with Crippen molar-refractivity contribution in [2.24, 2.45) is 5.92 Å². The number of nitrogens with zero attached hydrogens (tertiary/aromatic N) is 2. The molecule has 0 radical (unpaired) electrons. The highest BCUT2D eigenvalue weighted by atomic mass is 32.1. The van der Waals surface area contributed by atoms with Crippen LogP contribution in [0, 0.1) is 5.92 Å². The summed E-state index contributed by atoms with van der Waals surface area (Å²) in [5, 5.41) is 8.93. The van der Waals surface area contributed by atoms with E-state index in [2.05, 4.69) is 45.7 Å². The van der Waals surface area contributed by atoms with Gasteiger partial charge in [0.1, 0.15) is 12.3 Å². The van der Waals surface area contributed by atoms with Crippen LogP contribution in [-0.2, 0) is 22.6 Å². The first-order valence-corrected chi connectivity index (χ1v) is 11.7. The minimum Gasteiger partial charge on any atom is -0.365 e. The maximum Gasteiger partial charge on any atom is 0.246 e. The second-order valence-electron chi connectivity index (χ2n) is 7.98. The van der Waals surface area contributed by atoms with Gasteiger partial charge in [0.15, 0.2) is 5.76 Å². The fourth-order valence-corrected chi connectivity index (χ4v) is 4.60. The van der Waals surface area contributed by atoms with Gasteiger partial charge in [-0.05, 0) is 55.3 Å². The lowest BCUT2D eigenvalue weighted by molar-refractivity contribution is -0.126. The monoisotopic (exact) mass is 439 g/mol. The Morgan fingerprint density at radius 1 is 1.19 bits per heavy atom. The van der Waals surface area contributed by atoms with Crippen molar-refractivity contribution in [3.05, 3.63) is 65.2 Å². The second kappa shape index (κ2) is 11.2. The van der Waals surface area contributed by atoms with Crippen molar-refractivity contribution in [3.8, 4) is 10.6 Å². The zero-order chi connectivity index (χ0) is 21.3. The van der Waals surface area contributed by atoms with Gasteiger partial charge in [-0.15, -0.1) is 11.3 Å². The maximum atomic E-state index is 12.0. The average Bonchev–Trinajstić information content (AvgIpc) is 3.48. The van der Waals surface area contributed by atoms with E-state index in [1.807, 2.05) is 23.6 Å². The minimum atomic E-state index is -0.0964. The van der Waals surface area contributed by atoms with E-state index in [0.717, 1.165) is 36.2 Å². The largest absolute Gasteiger partial charge is 0.365 e. The number of ether oxygens (including phenoxy) is 1. The van der Waals surface area contributed by atoms with Crippen LogP contribution in [0.1, 0.15) is 24.1 Å². The van der Waals surface area contributed by atoms with Crippen molar-refractivity contribution in [3.63, 3.8) is 0 Å². The first-order valence-electron chi connectivity index (χ1n) is 10.9. The summed E-state index contributed by atoms with van der Waals surface area (Å²) >= 11 is 1.60. The quantitative estimate of drug-likeness (QED) is 0.517.